The van der Waals surface area contributed by atoms with Gasteiger partial charge in [-0.1, -0.05) is 60.2 Å². The van der Waals surface area contributed by atoms with Crippen molar-refractivity contribution in [2.24, 2.45) is 0 Å². The summed E-state index contributed by atoms with van der Waals surface area (Å²) in [6, 6.07) is 45.8. The molecule has 0 aliphatic carbocycles. The molecule has 0 aliphatic rings. The normalized spacial score (nSPS) is 10.6. The molecule has 7 aromatic rings. The minimum atomic E-state index is 0. The van der Waals surface area contributed by atoms with Crippen molar-refractivity contribution < 1.29 is 20.1 Å². The van der Waals surface area contributed by atoms with Gasteiger partial charge in [0.2, 0.25) is 0 Å². The summed E-state index contributed by atoms with van der Waals surface area (Å²) in [5.74, 6) is 0. The molecule has 4 aromatic carbocycles. The second-order valence-electron chi connectivity index (χ2n) is 9.48. The number of aryl methyl sites for hydroxylation is 2. The van der Waals surface area contributed by atoms with Gasteiger partial charge in [0, 0.05) is 54.3 Å². The molecular weight excluding hydrogens is 667 g/mol. The summed E-state index contributed by atoms with van der Waals surface area (Å²) in [5, 5.41) is 2.54. The smallest absolute Gasteiger partial charge is 0.0452 e. The summed E-state index contributed by atoms with van der Waals surface area (Å²) in [6.45, 7) is 4.20. The maximum absolute atomic E-state index is 4.56. The Kier molecular flexibility index (Phi) is 8.31. The SMILES string of the molecule is Cc1cnc(-c2[c-]cc(-n3c4ccccc4c4ccccc43)cc2)cc1C.[Ir].[c-]1ccccc1-c1ccccn1. The van der Waals surface area contributed by atoms with Crippen LogP contribution in [-0.2, 0) is 20.1 Å². The molecule has 0 spiro atoms. The largest absolute Gasteiger partial charge is 0.351 e. The number of hydrogen-bond acceptors (Lipinski definition) is 2. The molecule has 0 aliphatic heterocycles. The first-order valence-electron chi connectivity index (χ1n) is 13.0. The van der Waals surface area contributed by atoms with Crippen LogP contribution in [0.2, 0.25) is 0 Å². The number of aromatic nitrogens is 3. The van der Waals surface area contributed by atoms with Crippen molar-refractivity contribution in [3.63, 3.8) is 0 Å². The topological polar surface area (TPSA) is 30.7 Å². The average molecular weight is 694 g/mol. The molecule has 0 N–H and O–H groups in total. The van der Waals surface area contributed by atoms with Crippen molar-refractivity contribution in [1.29, 1.82) is 0 Å². The third kappa shape index (κ3) is 5.51. The second kappa shape index (κ2) is 12.2. The molecule has 3 nitrogen and oxygen atoms in total. The van der Waals surface area contributed by atoms with E-state index in [0.29, 0.717) is 0 Å². The van der Waals surface area contributed by atoms with E-state index in [1.54, 1.807) is 6.20 Å². The fourth-order valence-corrected chi connectivity index (χ4v) is 4.76. The Bertz CT molecular complexity index is 1770. The molecule has 0 unspecified atom stereocenters. The van der Waals surface area contributed by atoms with Crippen molar-refractivity contribution in [1.82, 2.24) is 14.5 Å². The summed E-state index contributed by atoms with van der Waals surface area (Å²) in [4.78, 5) is 8.78. The van der Waals surface area contributed by atoms with E-state index in [1.165, 1.54) is 32.9 Å². The van der Waals surface area contributed by atoms with Crippen LogP contribution < -0.4 is 0 Å². The minimum absolute atomic E-state index is 0. The first-order chi connectivity index (χ1) is 19.2. The molecule has 0 saturated carbocycles. The van der Waals surface area contributed by atoms with Crippen molar-refractivity contribution in [3.8, 4) is 28.2 Å². The van der Waals surface area contributed by atoms with Crippen molar-refractivity contribution in [2.75, 3.05) is 0 Å². The van der Waals surface area contributed by atoms with Crippen LogP contribution in [0.4, 0.5) is 0 Å². The van der Waals surface area contributed by atoms with Crippen molar-refractivity contribution in [2.45, 2.75) is 13.8 Å². The number of fused-ring (bicyclic) bond motifs is 3. The van der Waals surface area contributed by atoms with Gasteiger partial charge >= 0.3 is 0 Å². The van der Waals surface area contributed by atoms with Crippen LogP contribution >= 0.6 is 0 Å². The molecular formula is C36H27IrN3-2. The number of hydrogen-bond donors (Lipinski definition) is 0. The maximum atomic E-state index is 4.56. The van der Waals surface area contributed by atoms with Crippen molar-refractivity contribution in [3.05, 3.63) is 151 Å². The van der Waals surface area contributed by atoms with Crippen LogP contribution in [0.15, 0.2) is 128 Å². The van der Waals surface area contributed by atoms with Gasteiger partial charge in [0.05, 0.1) is 0 Å². The maximum Gasteiger partial charge on any atom is 0.0452 e. The number of pyridine rings is 2. The van der Waals surface area contributed by atoms with Crippen LogP contribution in [0, 0.1) is 26.0 Å². The zero-order valence-electron chi connectivity index (χ0n) is 22.3. The second-order valence-corrected chi connectivity index (χ2v) is 9.48. The van der Waals surface area contributed by atoms with E-state index in [9.17, 15) is 0 Å². The van der Waals surface area contributed by atoms with Gasteiger partial charge in [0.1, 0.15) is 0 Å². The van der Waals surface area contributed by atoms with Crippen LogP contribution in [0.25, 0.3) is 50.0 Å². The van der Waals surface area contributed by atoms with Crippen LogP contribution in [0.1, 0.15) is 11.1 Å². The summed E-state index contributed by atoms with van der Waals surface area (Å²) < 4.78 is 2.30. The van der Waals surface area contributed by atoms with Gasteiger partial charge in [-0.2, -0.15) is 0 Å². The third-order valence-electron chi connectivity index (χ3n) is 6.93. The van der Waals surface area contributed by atoms with Gasteiger partial charge in [0.25, 0.3) is 0 Å². The number of para-hydroxylation sites is 2. The van der Waals surface area contributed by atoms with Crippen molar-refractivity contribution >= 4 is 21.8 Å². The Labute approximate surface area is 248 Å². The monoisotopic (exact) mass is 694 g/mol. The fraction of sp³-hybridized carbons (Fsp3) is 0.0556. The molecule has 197 valence electrons. The standard InChI is InChI=1S/C25H19N2.C11H8N.Ir/c1-17-15-23(26-16-18(17)2)19-11-13-20(14-12-19)27-24-9-5-3-7-21(24)22-8-4-6-10-25(22)27;1-2-6-10(7-3-1)11-8-4-5-9-12-11;/h3-11,13-16H,1-2H3;1-6,8-9H;/q2*-1;. The summed E-state index contributed by atoms with van der Waals surface area (Å²) in [7, 11) is 0. The minimum Gasteiger partial charge on any atom is -0.351 e. The average Bonchev–Trinajstić information content (AvgIpc) is 3.34. The first-order valence-corrected chi connectivity index (χ1v) is 13.0. The Morgan fingerprint density at radius 3 is 1.88 bits per heavy atom. The summed E-state index contributed by atoms with van der Waals surface area (Å²) in [6.07, 6.45) is 3.72. The molecule has 4 heteroatoms. The zero-order chi connectivity index (χ0) is 26.6. The molecule has 3 aromatic heterocycles. The molecule has 0 amide bonds. The Balaban J connectivity index is 0.000000209. The molecule has 0 fully saturated rings. The Morgan fingerprint density at radius 1 is 0.600 bits per heavy atom. The molecule has 40 heavy (non-hydrogen) atoms. The van der Waals surface area contributed by atoms with Gasteiger partial charge < -0.3 is 14.5 Å². The predicted octanol–water partition coefficient (Wildman–Crippen LogP) is 8.81. The molecule has 0 atom stereocenters. The van der Waals surface area contributed by atoms with E-state index in [2.05, 4.69) is 113 Å². The van der Waals surface area contributed by atoms with Crippen LogP contribution in [0.5, 0.6) is 0 Å². The van der Waals surface area contributed by atoms with Gasteiger partial charge in [-0.3, -0.25) is 0 Å². The quantitative estimate of drug-likeness (QED) is 0.173. The van der Waals surface area contributed by atoms with E-state index < -0.39 is 0 Å². The van der Waals surface area contributed by atoms with E-state index in [4.69, 9.17) is 0 Å². The first kappa shape index (κ1) is 27.2. The summed E-state index contributed by atoms with van der Waals surface area (Å²) >= 11 is 0. The van der Waals surface area contributed by atoms with E-state index in [0.717, 1.165) is 28.2 Å². The third-order valence-corrected chi connectivity index (χ3v) is 6.93. The van der Waals surface area contributed by atoms with Gasteiger partial charge in [-0.15, -0.1) is 65.7 Å². The van der Waals surface area contributed by atoms with Gasteiger partial charge in [-0.25, -0.2) is 0 Å². The van der Waals surface area contributed by atoms with E-state index >= 15 is 0 Å². The van der Waals surface area contributed by atoms with Crippen LogP contribution in [-0.4, -0.2) is 14.5 Å². The summed E-state index contributed by atoms with van der Waals surface area (Å²) in [5.41, 5.74) is 9.99. The molecule has 0 saturated heterocycles. The van der Waals surface area contributed by atoms with Gasteiger partial charge in [-0.05, 0) is 54.7 Å². The van der Waals surface area contributed by atoms with E-state index in [-0.39, 0.29) is 20.1 Å². The molecule has 3 heterocycles. The Hall–Kier alpha value is -4.37. The fourth-order valence-electron chi connectivity index (χ4n) is 4.76. The zero-order valence-corrected chi connectivity index (χ0v) is 24.7. The molecule has 7 rings (SSSR count). The number of benzene rings is 4. The van der Waals surface area contributed by atoms with Crippen LogP contribution in [0.3, 0.4) is 0 Å². The molecule has 0 bridgehead atoms. The van der Waals surface area contributed by atoms with Gasteiger partial charge in [0.15, 0.2) is 0 Å². The van der Waals surface area contributed by atoms with E-state index in [1.807, 2.05) is 48.7 Å². The Morgan fingerprint density at radius 2 is 1.27 bits per heavy atom. The number of nitrogens with zero attached hydrogens (tertiary/aromatic N) is 3. The number of rotatable bonds is 3. The predicted molar refractivity (Wildman–Crippen MR) is 161 cm³/mol. The molecule has 1 radical (unpaired) electrons.